The molecule has 3 aromatic rings. The number of alkyl halides is 1. The summed E-state index contributed by atoms with van der Waals surface area (Å²) in [5.74, 6) is 1.44. The summed E-state index contributed by atoms with van der Waals surface area (Å²) in [7, 11) is 0. The van der Waals surface area contributed by atoms with E-state index in [0.29, 0.717) is 12.3 Å². The van der Waals surface area contributed by atoms with Crippen LogP contribution < -0.4 is 0 Å². The first-order valence-electron chi connectivity index (χ1n) is 6.45. The van der Waals surface area contributed by atoms with Crippen molar-refractivity contribution in [3.05, 3.63) is 50.8 Å². The van der Waals surface area contributed by atoms with E-state index in [1.807, 2.05) is 6.07 Å². The molecule has 1 aromatic carbocycles. The van der Waals surface area contributed by atoms with Gasteiger partial charge in [0.1, 0.15) is 11.3 Å². The van der Waals surface area contributed by atoms with Gasteiger partial charge >= 0.3 is 0 Å². The van der Waals surface area contributed by atoms with Crippen molar-refractivity contribution in [2.75, 3.05) is 5.88 Å². The number of aryl methyl sites for hydroxylation is 2. The van der Waals surface area contributed by atoms with Crippen molar-refractivity contribution in [3.8, 4) is 5.69 Å². The van der Waals surface area contributed by atoms with Gasteiger partial charge in [-0.1, -0.05) is 15.9 Å². The highest BCUT2D eigenvalue weighted by Gasteiger charge is 2.14. The standard InChI is InChI=1S/C15H12Br2ClN3/c1-9-4-10(16)6-12(5-9)21-14(2-3-18)20-13-7-11(17)8-19-15(13)21/h4-8H,2-3H2,1H3. The van der Waals surface area contributed by atoms with Gasteiger partial charge < -0.3 is 0 Å². The number of hydrogen-bond donors (Lipinski definition) is 0. The molecule has 0 saturated carbocycles. The van der Waals surface area contributed by atoms with Gasteiger partial charge in [-0.25, -0.2) is 9.97 Å². The number of imidazole rings is 1. The van der Waals surface area contributed by atoms with Crippen molar-refractivity contribution in [3.63, 3.8) is 0 Å². The highest BCUT2D eigenvalue weighted by Crippen LogP contribution is 2.26. The van der Waals surface area contributed by atoms with Crippen LogP contribution in [-0.2, 0) is 6.42 Å². The molecule has 0 saturated heterocycles. The van der Waals surface area contributed by atoms with E-state index in [-0.39, 0.29) is 0 Å². The second kappa shape index (κ2) is 6.07. The maximum absolute atomic E-state index is 5.92. The van der Waals surface area contributed by atoms with Crippen LogP contribution in [0.4, 0.5) is 0 Å². The van der Waals surface area contributed by atoms with Gasteiger partial charge in [0.05, 0.1) is 5.69 Å². The SMILES string of the molecule is Cc1cc(Br)cc(-n2c(CCCl)nc3cc(Br)cnc32)c1. The second-order valence-corrected chi connectivity index (χ2v) is 6.99. The number of hydrogen-bond acceptors (Lipinski definition) is 2. The van der Waals surface area contributed by atoms with Crippen LogP contribution in [0.3, 0.4) is 0 Å². The normalized spacial score (nSPS) is 11.2. The summed E-state index contributed by atoms with van der Waals surface area (Å²) in [6.07, 6.45) is 2.48. The molecule has 3 nitrogen and oxygen atoms in total. The van der Waals surface area contributed by atoms with Crippen LogP contribution in [-0.4, -0.2) is 20.4 Å². The molecular weight excluding hydrogens is 417 g/mol. The molecule has 21 heavy (non-hydrogen) atoms. The van der Waals surface area contributed by atoms with E-state index in [1.165, 1.54) is 5.56 Å². The van der Waals surface area contributed by atoms with Crippen molar-refractivity contribution >= 4 is 54.6 Å². The molecule has 6 heteroatoms. The van der Waals surface area contributed by atoms with Crippen molar-refractivity contribution in [2.24, 2.45) is 0 Å². The average Bonchev–Trinajstić information content (AvgIpc) is 2.75. The Balaban J connectivity index is 2.30. The number of benzene rings is 1. The topological polar surface area (TPSA) is 30.7 Å². The zero-order valence-electron chi connectivity index (χ0n) is 11.3. The predicted octanol–water partition coefficient (Wildman–Crippen LogP) is 5.04. The van der Waals surface area contributed by atoms with Gasteiger partial charge in [0, 0.05) is 27.4 Å². The van der Waals surface area contributed by atoms with Crippen molar-refractivity contribution < 1.29 is 0 Å². The highest BCUT2D eigenvalue weighted by molar-refractivity contribution is 9.10. The molecule has 2 aromatic heterocycles. The van der Waals surface area contributed by atoms with E-state index in [0.717, 1.165) is 31.6 Å². The number of nitrogens with zero attached hydrogens (tertiary/aromatic N) is 3. The van der Waals surface area contributed by atoms with Crippen LogP contribution in [0.2, 0.25) is 0 Å². The van der Waals surface area contributed by atoms with E-state index in [9.17, 15) is 0 Å². The van der Waals surface area contributed by atoms with E-state index >= 15 is 0 Å². The zero-order chi connectivity index (χ0) is 15.0. The fraction of sp³-hybridized carbons (Fsp3) is 0.200. The van der Waals surface area contributed by atoms with Gasteiger partial charge in [-0.2, -0.15) is 0 Å². The Morgan fingerprint density at radius 1 is 1.14 bits per heavy atom. The smallest absolute Gasteiger partial charge is 0.164 e. The minimum Gasteiger partial charge on any atom is -0.281 e. The third-order valence-corrected chi connectivity index (χ3v) is 4.22. The Kier molecular flexibility index (Phi) is 4.33. The predicted molar refractivity (Wildman–Crippen MR) is 93.4 cm³/mol. The maximum Gasteiger partial charge on any atom is 0.164 e. The third-order valence-electron chi connectivity index (χ3n) is 3.14. The van der Waals surface area contributed by atoms with Crippen molar-refractivity contribution in [1.29, 1.82) is 0 Å². The van der Waals surface area contributed by atoms with E-state index in [4.69, 9.17) is 11.6 Å². The lowest BCUT2D eigenvalue weighted by molar-refractivity contribution is 0.904. The molecule has 0 unspecified atom stereocenters. The Labute approximate surface area is 144 Å². The zero-order valence-corrected chi connectivity index (χ0v) is 15.2. The fourth-order valence-corrected chi connectivity index (χ4v) is 3.44. The summed E-state index contributed by atoms with van der Waals surface area (Å²) >= 11 is 12.9. The summed E-state index contributed by atoms with van der Waals surface area (Å²) in [5.41, 5.74) is 3.92. The third kappa shape index (κ3) is 3.00. The fourth-order valence-electron chi connectivity index (χ4n) is 2.36. The minimum atomic E-state index is 0.525. The molecule has 0 spiro atoms. The van der Waals surface area contributed by atoms with E-state index in [2.05, 4.69) is 71.5 Å². The van der Waals surface area contributed by atoms with Gasteiger partial charge in [-0.05, 0) is 52.7 Å². The summed E-state index contributed by atoms with van der Waals surface area (Å²) in [4.78, 5) is 9.18. The quantitative estimate of drug-likeness (QED) is 0.547. The van der Waals surface area contributed by atoms with Crippen LogP contribution in [0, 0.1) is 6.92 Å². The number of pyridine rings is 1. The summed E-state index contributed by atoms with van der Waals surface area (Å²) in [6.45, 7) is 2.07. The first-order chi connectivity index (χ1) is 10.1. The molecular formula is C15H12Br2ClN3. The molecule has 0 radical (unpaired) electrons. The summed E-state index contributed by atoms with van der Waals surface area (Å²) < 4.78 is 4.03. The van der Waals surface area contributed by atoms with Crippen LogP contribution in [0.15, 0.2) is 39.4 Å². The molecule has 3 rings (SSSR count). The molecule has 0 fully saturated rings. The lowest BCUT2D eigenvalue weighted by atomic mass is 10.2. The minimum absolute atomic E-state index is 0.525. The first-order valence-corrected chi connectivity index (χ1v) is 8.57. The van der Waals surface area contributed by atoms with Gasteiger partial charge in [0.2, 0.25) is 0 Å². The van der Waals surface area contributed by atoms with Crippen LogP contribution in [0.25, 0.3) is 16.9 Å². The molecule has 0 amide bonds. The highest BCUT2D eigenvalue weighted by atomic mass is 79.9. The van der Waals surface area contributed by atoms with Gasteiger partial charge in [0.25, 0.3) is 0 Å². The number of fused-ring (bicyclic) bond motifs is 1. The maximum atomic E-state index is 5.92. The number of halogens is 3. The number of rotatable bonds is 3. The van der Waals surface area contributed by atoms with Crippen molar-refractivity contribution in [1.82, 2.24) is 14.5 Å². The largest absolute Gasteiger partial charge is 0.281 e. The van der Waals surface area contributed by atoms with Crippen LogP contribution in [0.5, 0.6) is 0 Å². The van der Waals surface area contributed by atoms with Gasteiger partial charge in [-0.15, -0.1) is 11.6 Å². The Morgan fingerprint density at radius 3 is 2.67 bits per heavy atom. The first kappa shape index (κ1) is 15.0. The lowest BCUT2D eigenvalue weighted by Gasteiger charge is -2.09. The van der Waals surface area contributed by atoms with Gasteiger partial charge in [-0.3, -0.25) is 4.57 Å². The molecule has 2 heterocycles. The molecule has 0 atom stereocenters. The Morgan fingerprint density at radius 2 is 1.95 bits per heavy atom. The van der Waals surface area contributed by atoms with Crippen LogP contribution in [0.1, 0.15) is 11.4 Å². The lowest BCUT2D eigenvalue weighted by Crippen LogP contribution is -2.03. The van der Waals surface area contributed by atoms with E-state index in [1.54, 1.807) is 6.20 Å². The average molecular weight is 430 g/mol. The molecule has 0 aliphatic carbocycles. The van der Waals surface area contributed by atoms with Crippen LogP contribution >= 0.6 is 43.5 Å². The summed E-state index contributed by atoms with van der Waals surface area (Å²) in [6, 6.07) is 8.23. The molecule has 0 N–H and O–H groups in total. The molecule has 0 aliphatic rings. The number of aromatic nitrogens is 3. The second-order valence-electron chi connectivity index (χ2n) is 4.79. The van der Waals surface area contributed by atoms with Crippen molar-refractivity contribution in [2.45, 2.75) is 13.3 Å². The van der Waals surface area contributed by atoms with E-state index < -0.39 is 0 Å². The Bertz CT molecular complexity index is 794. The monoisotopic (exact) mass is 427 g/mol. The molecule has 108 valence electrons. The molecule has 0 bridgehead atoms. The van der Waals surface area contributed by atoms with Gasteiger partial charge in [0.15, 0.2) is 5.65 Å². The Hall–Kier alpha value is -0.910. The molecule has 0 aliphatic heterocycles. The summed E-state index contributed by atoms with van der Waals surface area (Å²) in [5, 5.41) is 0.